The van der Waals surface area contributed by atoms with Gasteiger partial charge in [-0.1, -0.05) is 48.0 Å². The van der Waals surface area contributed by atoms with Crippen LogP contribution in [0, 0.1) is 23.7 Å². The van der Waals surface area contributed by atoms with Crippen LogP contribution in [0.1, 0.15) is 81.1 Å². The van der Waals surface area contributed by atoms with E-state index in [1.807, 2.05) is 20.8 Å². The molecule has 3 fully saturated rings. The van der Waals surface area contributed by atoms with Gasteiger partial charge >= 0.3 is 29.6 Å². The maximum Gasteiger partial charge on any atom is 1.00 e. The summed E-state index contributed by atoms with van der Waals surface area (Å²) in [5.41, 5.74) is -1.04. The van der Waals surface area contributed by atoms with Crippen LogP contribution < -0.4 is 40.0 Å². The Bertz CT molecular complexity index is 791. The fourth-order valence-electron chi connectivity index (χ4n) is 6.01. The molecule has 0 spiro atoms. The third kappa shape index (κ3) is 5.22. The zero-order valence-electron chi connectivity index (χ0n) is 22.3. The number of hydrogen-bond acceptors (Lipinski definition) is 6. The summed E-state index contributed by atoms with van der Waals surface area (Å²) in [6.45, 7) is 16.2. The van der Waals surface area contributed by atoms with Crippen molar-refractivity contribution >= 4 is 29.5 Å². The molecular weight excluding hydrogens is 463 g/mol. The summed E-state index contributed by atoms with van der Waals surface area (Å²) < 4.78 is 6.08. The minimum atomic E-state index is -1.26. The van der Waals surface area contributed by atoms with Gasteiger partial charge in [0.05, 0.1) is 18.1 Å². The van der Waals surface area contributed by atoms with E-state index in [0.29, 0.717) is 24.2 Å². The number of nitrogens with one attached hydrogen (secondary N) is 1. The number of carbonyl (C=O) groups is 3. The van der Waals surface area contributed by atoms with Crippen LogP contribution in [0.15, 0.2) is 0 Å². The van der Waals surface area contributed by atoms with Gasteiger partial charge in [0.25, 0.3) is 5.91 Å². The molecule has 0 aromatic heterocycles. The number of carboxylic acid groups (broad SMARTS) is 1. The number of aliphatic carboxylic acids is 1. The van der Waals surface area contributed by atoms with E-state index in [1.54, 1.807) is 13.8 Å². The molecule has 2 amide bonds. The van der Waals surface area contributed by atoms with Gasteiger partial charge in [-0.05, 0) is 56.8 Å². The van der Waals surface area contributed by atoms with Gasteiger partial charge in [-0.15, -0.1) is 11.8 Å². The van der Waals surface area contributed by atoms with Gasteiger partial charge in [-0.2, -0.15) is 0 Å². The van der Waals surface area contributed by atoms with E-state index >= 15 is 0 Å². The normalized spacial score (nSPS) is 34.2. The fraction of sp³-hybridized carbons (Fsp3) is 0.880. The average Bonchev–Trinajstić information content (AvgIpc) is 2.97. The monoisotopic (exact) mass is 504 g/mol. The summed E-state index contributed by atoms with van der Waals surface area (Å²) >= 11 is 1.40. The Labute approximate surface area is 231 Å². The molecule has 9 heteroatoms. The van der Waals surface area contributed by atoms with Crippen molar-refractivity contribution in [1.82, 2.24) is 10.2 Å². The van der Waals surface area contributed by atoms with Gasteiger partial charge in [-0.25, -0.2) is 0 Å². The van der Waals surface area contributed by atoms with E-state index in [9.17, 15) is 19.5 Å². The Hall–Kier alpha value is -0.280. The van der Waals surface area contributed by atoms with Crippen molar-refractivity contribution in [3.8, 4) is 0 Å². The second kappa shape index (κ2) is 11.0. The van der Waals surface area contributed by atoms with E-state index in [-0.39, 0.29) is 53.4 Å². The first kappa shape index (κ1) is 29.9. The van der Waals surface area contributed by atoms with E-state index in [2.05, 4.69) is 26.1 Å². The van der Waals surface area contributed by atoms with Gasteiger partial charge in [0, 0.05) is 4.75 Å². The summed E-state index contributed by atoms with van der Waals surface area (Å²) in [7, 11) is 0. The van der Waals surface area contributed by atoms with E-state index < -0.39 is 33.8 Å². The molecule has 188 valence electrons. The molecule has 7 nitrogen and oxygen atoms in total. The molecule has 0 radical (unpaired) electrons. The molecule has 7 unspecified atom stereocenters. The SMILES string of the molecule is CCC(OC1CC(C)CCC1C(C)C)(C(=O)NC1C(=O)N2C1SC(C)(C)C2C(=O)[O-])C(C)C.[Na+]. The van der Waals surface area contributed by atoms with Crippen molar-refractivity contribution < 1.29 is 53.8 Å². The number of carbonyl (C=O) groups excluding carboxylic acids is 3. The number of rotatable bonds is 8. The Morgan fingerprint density at radius 3 is 2.38 bits per heavy atom. The Balaban J connectivity index is 0.00000408. The second-order valence-electron chi connectivity index (χ2n) is 11.4. The predicted molar refractivity (Wildman–Crippen MR) is 127 cm³/mol. The van der Waals surface area contributed by atoms with Crippen LogP contribution in [-0.2, 0) is 19.1 Å². The number of hydrogen-bond donors (Lipinski definition) is 1. The zero-order chi connectivity index (χ0) is 24.9. The Morgan fingerprint density at radius 2 is 1.88 bits per heavy atom. The van der Waals surface area contributed by atoms with Crippen molar-refractivity contribution in [3.63, 3.8) is 0 Å². The number of thioether (sulfide) groups is 1. The van der Waals surface area contributed by atoms with E-state index in [0.717, 1.165) is 12.8 Å². The van der Waals surface area contributed by atoms with Crippen molar-refractivity contribution in [1.29, 1.82) is 0 Å². The molecular formula is C25H41N2NaO5S. The maximum atomic E-state index is 13.7. The maximum absolute atomic E-state index is 13.7. The molecule has 3 aliphatic rings. The van der Waals surface area contributed by atoms with Crippen molar-refractivity contribution in [2.45, 2.75) is 115 Å². The fourth-order valence-corrected chi connectivity index (χ4v) is 7.63. The largest absolute Gasteiger partial charge is 1.00 e. The second-order valence-corrected chi connectivity index (χ2v) is 13.2. The van der Waals surface area contributed by atoms with E-state index in [4.69, 9.17) is 4.74 Å². The molecule has 0 bridgehead atoms. The van der Waals surface area contributed by atoms with Crippen LogP contribution in [0.25, 0.3) is 0 Å². The summed E-state index contributed by atoms with van der Waals surface area (Å²) in [4.78, 5) is 39.7. The van der Waals surface area contributed by atoms with Crippen LogP contribution in [-0.4, -0.2) is 56.6 Å². The van der Waals surface area contributed by atoms with Crippen molar-refractivity contribution in [2.24, 2.45) is 23.7 Å². The topological polar surface area (TPSA) is 98.8 Å². The first-order chi connectivity index (χ1) is 15.3. The standard InChI is InChI=1S/C25H42N2O5S.Na/c1-9-25(14(4)5,32-17-12-15(6)10-11-16(17)13(2)3)23(31)26-18-20(28)27-19(22(29)30)24(7,8)33-21(18)27;/h13-19,21H,9-12H2,1-8H3,(H,26,31)(H,29,30);/q;+1/p-1. The summed E-state index contributed by atoms with van der Waals surface area (Å²) in [6, 6.07) is -1.74. The predicted octanol–water partition coefficient (Wildman–Crippen LogP) is -0.430. The first-order valence-electron chi connectivity index (χ1n) is 12.5. The summed E-state index contributed by atoms with van der Waals surface area (Å²) in [6.07, 6.45) is 3.70. The Morgan fingerprint density at radius 1 is 1.26 bits per heavy atom. The van der Waals surface area contributed by atoms with Crippen LogP contribution in [0.4, 0.5) is 0 Å². The number of ether oxygens (including phenoxy) is 1. The van der Waals surface area contributed by atoms with Crippen LogP contribution in [0.3, 0.4) is 0 Å². The third-order valence-corrected chi connectivity index (χ3v) is 9.69. The van der Waals surface area contributed by atoms with Gasteiger partial charge in [0.2, 0.25) is 5.91 Å². The average molecular weight is 505 g/mol. The van der Waals surface area contributed by atoms with Gasteiger partial charge in [-0.3, -0.25) is 9.59 Å². The number of β-lactam (4-membered cyclic amide) rings is 1. The molecule has 1 saturated carbocycles. The van der Waals surface area contributed by atoms with Crippen LogP contribution in [0.5, 0.6) is 0 Å². The van der Waals surface area contributed by atoms with Crippen molar-refractivity contribution in [2.75, 3.05) is 0 Å². The van der Waals surface area contributed by atoms with Gasteiger partial charge in [0.15, 0.2) is 0 Å². The minimum absolute atomic E-state index is 0. The van der Waals surface area contributed by atoms with Gasteiger partial charge in [0.1, 0.15) is 17.0 Å². The number of carboxylic acids is 1. The smallest absolute Gasteiger partial charge is 0.548 e. The number of amides is 2. The summed E-state index contributed by atoms with van der Waals surface area (Å²) in [5, 5.41) is 14.2. The molecule has 1 aliphatic carbocycles. The molecule has 2 saturated heterocycles. The molecule has 0 aromatic rings. The molecule has 0 aromatic carbocycles. The van der Waals surface area contributed by atoms with Gasteiger partial charge < -0.3 is 24.9 Å². The molecule has 3 rings (SSSR count). The number of fused-ring (bicyclic) bond motifs is 1. The number of nitrogens with zero attached hydrogens (tertiary/aromatic N) is 1. The van der Waals surface area contributed by atoms with Crippen LogP contribution >= 0.6 is 11.8 Å². The Kier molecular flexibility index (Phi) is 9.68. The summed E-state index contributed by atoms with van der Waals surface area (Å²) in [5.74, 6) is -0.553. The first-order valence-corrected chi connectivity index (χ1v) is 13.3. The minimum Gasteiger partial charge on any atom is -0.548 e. The molecule has 2 heterocycles. The van der Waals surface area contributed by atoms with E-state index in [1.165, 1.54) is 23.1 Å². The molecule has 1 N–H and O–H groups in total. The quantitative estimate of drug-likeness (QED) is 0.356. The van der Waals surface area contributed by atoms with Crippen LogP contribution in [0.2, 0.25) is 0 Å². The molecule has 7 atom stereocenters. The molecule has 34 heavy (non-hydrogen) atoms. The third-order valence-electron chi connectivity index (χ3n) is 8.12. The van der Waals surface area contributed by atoms with Crippen molar-refractivity contribution in [3.05, 3.63) is 0 Å². The molecule has 2 aliphatic heterocycles. The zero-order valence-corrected chi connectivity index (χ0v) is 25.2.